The zero-order valence-corrected chi connectivity index (χ0v) is 22.3. The molecule has 10 heteroatoms. The van der Waals surface area contributed by atoms with E-state index in [0.29, 0.717) is 31.5 Å². The summed E-state index contributed by atoms with van der Waals surface area (Å²) in [6.07, 6.45) is 10.2. The number of carboxylic acid groups (broad SMARTS) is 1. The lowest BCUT2D eigenvalue weighted by atomic mass is 9.97. The number of hydrogen-bond acceptors (Lipinski definition) is 7. The molecule has 1 fully saturated rings. The van der Waals surface area contributed by atoms with Crippen LogP contribution in [0.5, 0.6) is 0 Å². The Kier molecular flexibility index (Phi) is 8.38. The summed E-state index contributed by atoms with van der Waals surface area (Å²) in [6, 6.07) is 8.19. The molecule has 0 radical (unpaired) electrons. The molecule has 0 bridgehead atoms. The fraction of sp³-hybridized carbons (Fsp3) is 0.393. The number of carboxylic acids is 1. The van der Waals surface area contributed by atoms with Crippen LogP contribution in [0, 0.1) is 23.2 Å². The Hall–Kier alpha value is -4.23. The molecule has 0 atom stereocenters. The zero-order chi connectivity index (χ0) is 27.2. The number of aromatic nitrogens is 5. The number of nitrogens with one attached hydrogen (secondary N) is 1. The minimum atomic E-state index is -0.723. The van der Waals surface area contributed by atoms with Crippen LogP contribution in [0.4, 0.5) is 5.82 Å². The first-order chi connectivity index (χ1) is 18.3. The van der Waals surface area contributed by atoms with Crippen molar-refractivity contribution in [3.05, 3.63) is 54.7 Å². The standard InChI is InChI=1S/C23H21N7O2.C5H13N/c1-28-13-19(12-26-28)17-8-20(22-18(9-24)11-27-30(22)14-17)16-2-3-21(25-10-16)29-6-4-15(5-7-29)23(31)32;1-5(2)4-6-3/h2-3,8,10-15H,4-7H2,1H3,(H,31,32);5-6H,4H2,1-3H3. The molecule has 198 valence electrons. The molecule has 4 aromatic heterocycles. The van der Waals surface area contributed by atoms with Crippen LogP contribution < -0.4 is 10.2 Å². The van der Waals surface area contributed by atoms with Crippen molar-refractivity contribution in [3.8, 4) is 28.3 Å². The Bertz CT molecular complexity index is 1420. The molecule has 1 aliphatic rings. The van der Waals surface area contributed by atoms with E-state index < -0.39 is 5.97 Å². The lowest BCUT2D eigenvalue weighted by molar-refractivity contribution is -0.142. The molecular formula is C28H34N8O2. The van der Waals surface area contributed by atoms with Gasteiger partial charge >= 0.3 is 5.97 Å². The average molecular weight is 515 g/mol. The first kappa shape index (κ1) is 26.8. The molecule has 5 rings (SSSR count). The van der Waals surface area contributed by atoms with Crippen LogP contribution in [0.25, 0.3) is 27.8 Å². The highest BCUT2D eigenvalue weighted by Crippen LogP contribution is 2.32. The van der Waals surface area contributed by atoms with Gasteiger partial charge in [-0.25, -0.2) is 9.50 Å². The summed E-state index contributed by atoms with van der Waals surface area (Å²) in [6.45, 7) is 6.85. The van der Waals surface area contributed by atoms with Gasteiger partial charge in [0.2, 0.25) is 0 Å². The van der Waals surface area contributed by atoms with Crippen LogP contribution >= 0.6 is 0 Å². The third-order valence-electron chi connectivity index (χ3n) is 6.61. The number of aryl methyl sites for hydroxylation is 1. The molecule has 0 aliphatic carbocycles. The van der Waals surface area contributed by atoms with Crippen LogP contribution in [-0.2, 0) is 11.8 Å². The van der Waals surface area contributed by atoms with Crippen LogP contribution in [0.2, 0.25) is 0 Å². The summed E-state index contributed by atoms with van der Waals surface area (Å²) in [4.78, 5) is 18.0. The molecule has 0 amide bonds. The fourth-order valence-corrected chi connectivity index (χ4v) is 4.65. The van der Waals surface area contributed by atoms with Crippen molar-refractivity contribution in [3.63, 3.8) is 0 Å². The second-order valence-electron chi connectivity index (χ2n) is 9.96. The molecular weight excluding hydrogens is 480 g/mol. The van der Waals surface area contributed by atoms with Gasteiger partial charge in [-0.1, -0.05) is 13.8 Å². The van der Waals surface area contributed by atoms with Gasteiger partial charge in [0.05, 0.1) is 29.4 Å². The van der Waals surface area contributed by atoms with Crippen molar-refractivity contribution in [1.82, 2.24) is 29.7 Å². The van der Waals surface area contributed by atoms with Gasteiger partial charge in [-0.05, 0) is 50.6 Å². The predicted octanol–water partition coefficient (Wildman–Crippen LogP) is 3.83. The van der Waals surface area contributed by atoms with Crippen LogP contribution in [-0.4, -0.2) is 62.1 Å². The Morgan fingerprint density at radius 1 is 1.13 bits per heavy atom. The topological polar surface area (TPSA) is 124 Å². The highest BCUT2D eigenvalue weighted by atomic mass is 16.4. The smallest absolute Gasteiger partial charge is 0.306 e. The van der Waals surface area contributed by atoms with Crippen molar-refractivity contribution in [2.75, 3.05) is 31.6 Å². The summed E-state index contributed by atoms with van der Waals surface area (Å²) in [5, 5.41) is 30.5. The third kappa shape index (κ3) is 6.01. The number of hydrogen-bond donors (Lipinski definition) is 2. The van der Waals surface area contributed by atoms with E-state index in [9.17, 15) is 15.2 Å². The normalized spacial score (nSPS) is 13.8. The van der Waals surface area contributed by atoms with Crippen molar-refractivity contribution in [1.29, 1.82) is 5.26 Å². The first-order valence-corrected chi connectivity index (χ1v) is 12.8. The van der Waals surface area contributed by atoms with E-state index in [0.717, 1.165) is 46.1 Å². The number of piperidine rings is 1. The highest BCUT2D eigenvalue weighted by Gasteiger charge is 2.25. The maximum Gasteiger partial charge on any atom is 0.306 e. The molecule has 1 saturated heterocycles. The molecule has 1 aliphatic heterocycles. The maximum atomic E-state index is 11.2. The quantitative estimate of drug-likeness (QED) is 0.398. The summed E-state index contributed by atoms with van der Waals surface area (Å²) in [5.74, 6) is 0.612. The second kappa shape index (κ2) is 11.9. The summed E-state index contributed by atoms with van der Waals surface area (Å²) < 4.78 is 3.47. The first-order valence-electron chi connectivity index (χ1n) is 12.8. The lowest BCUT2D eigenvalue weighted by Crippen LogP contribution is -2.36. The summed E-state index contributed by atoms with van der Waals surface area (Å²) >= 11 is 0. The molecule has 10 nitrogen and oxygen atoms in total. The third-order valence-corrected chi connectivity index (χ3v) is 6.61. The van der Waals surface area contributed by atoms with E-state index in [1.807, 2.05) is 44.7 Å². The van der Waals surface area contributed by atoms with Gasteiger partial charge in [0.1, 0.15) is 11.9 Å². The lowest BCUT2D eigenvalue weighted by Gasteiger charge is -2.31. The van der Waals surface area contributed by atoms with E-state index in [1.165, 1.54) is 0 Å². The van der Waals surface area contributed by atoms with Crippen molar-refractivity contribution in [2.45, 2.75) is 26.7 Å². The zero-order valence-electron chi connectivity index (χ0n) is 22.3. The minimum Gasteiger partial charge on any atom is -0.481 e. The Labute approximate surface area is 222 Å². The molecule has 0 saturated carbocycles. The number of aliphatic carboxylic acids is 1. The predicted molar refractivity (Wildman–Crippen MR) is 147 cm³/mol. The van der Waals surface area contributed by atoms with E-state index in [2.05, 4.69) is 45.3 Å². The summed E-state index contributed by atoms with van der Waals surface area (Å²) in [5.41, 5.74) is 4.86. The molecule has 4 aromatic rings. The summed E-state index contributed by atoms with van der Waals surface area (Å²) in [7, 11) is 3.84. The number of nitriles is 1. The van der Waals surface area contributed by atoms with Gasteiger partial charge in [0.15, 0.2) is 0 Å². The van der Waals surface area contributed by atoms with Gasteiger partial charge in [-0.3, -0.25) is 9.48 Å². The molecule has 2 N–H and O–H groups in total. The highest BCUT2D eigenvalue weighted by molar-refractivity contribution is 5.87. The van der Waals surface area contributed by atoms with E-state index >= 15 is 0 Å². The molecule has 0 aromatic carbocycles. The molecule has 0 unspecified atom stereocenters. The largest absolute Gasteiger partial charge is 0.481 e. The van der Waals surface area contributed by atoms with Crippen molar-refractivity contribution in [2.24, 2.45) is 18.9 Å². The van der Waals surface area contributed by atoms with Gasteiger partial charge in [0, 0.05) is 61.0 Å². The fourth-order valence-electron chi connectivity index (χ4n) is 4.65. The van der Waals surface area contributed by atoms with Gasteiger partial charge < -0.3 is 15.3 Å². The van der Waals surface area contributed by atoms with Gasteiger partial charge in [0.25, 0.3) is 0 Å². The van der Waals surface area contributed by atoms with Gasteiger partial charge in [-0.15, -0.1) is 0 Å². The number of fused-ring (bicyclic) bond motifs is 1. The molecule has 0 spiro atoms. The number of carbonyl (C=O) groups is 1. The average Bonchev–Trinajstić information content (AvgIpc) is 3.54. The van der Waals surface area contributed by atoms with Gasteiger partial charge in [-0.2, -0.15) is 15.5 Å². The SMILES string of the molecule is CNCC(C)C.Cn1cc(-c2cc(-c3ccc(N4CCC(C(=O)O)CC4)nc3)c3c(C#N)cnn3c2)cn1. The van der Waals surface area contributed by atoms with Crippen molar-refractivity contribution >= 4 is 17.3 Å². The second-order valence-corrected chi connectivity index (χ2v) is 9.96. The Morgan fingerprint density at radius 3 is 2.42 bits per heavy atom. The van der Waals surface area contributed by atoms with Crippen LogP contribution in [0.1, 0.15) is 32.3 Å². The molecule has 38 heavy (non-hydrogen) atoms. The van der Waals surface area contributed by atoms with E-state index in [4.69, 9.17) is 0 Å². The Balaban J connectivity index is 0.000000505. The Morgan fingerprint density at radius 2 is 1.89 bits per heavy atom. The monoisotopic (exact) mass is 514 g/mol. The van der Waals surface area contributed by atoms with Crippen molar-refractivity contribution < 1.29 is 9.90 Å². The molecule has 5 heterocycles. The minimum absolute atomic E-state index is 0.278. The number of nitrogens with zero attached hydrogens (tertiary/aromatic N) is 7. The number of pyridine rings is 2. The van der Waals surface area contributed by atoms with E-state index in [-0.39, 0.29) is 5.92 Å². The van der Waals surface area contributed by atoms with E-state index in [1.54, 1.807) is 27.8 Å². The maximum absolute atomic E-state index is 11.2. The van der Waals surface area contributed by atoms with Crippen LogP contribution in [0.15, 0.2) is 49.2 Å². The van der Waals surface area contributed by atoms with Crippen LogP contribution in [0.3, 0.4) is 0 Å². The number of rotatable bonds is 6. The number of anilines is 1.